The van der Waals surface area contributed by atoms with Gasteiger partial charge in [-0.05, 0) is 24.5 Å². The van der Waals surface area contributed by atoms with Crippen molar-refractivity contribution < 1.29 is 13.3 Å². The Kier molecular flexibility index (Phi) is 5.46. The molecule has 0 fully saturated rings. The largest absolute Gasteiger partial charge is 0.383 e. The summed E-state index contributed by atoms with van der Waals surface area (Å²) in [5, 5.41) is 13.6. The first kappa shape index (κ1) is 16.4. The average molecular weight is 301 g/mol. The summed E-state index contributed by atoms with van der Waals surface area (Å²) in [5.41, 5.74) is 0.00960. The minimum atomic E-state index is -3.72. The van der Waals surface area contributed by atoms with E-state index in [1.165, 1.54) is 19.2 Å². The zero-order chi connectivity index (χ0) is 15.3. The lowest BCUT2D eigenvalue weighted by Gasteiger charge is -2.09. The van der Waals surface area contributed by atoms with E-state index in [1.807, 2.05) is 13.8 Å². The van der Waals surface area contributed by atoms with E-state index in [0.29, 0.717) is 18.9 Å². The van der Waals surface area contributed by atoms with Crippen LogP contribution in [-0.2, 0) is 10.0 Å². The van der Waals surface area contributed by atoms with Gasteiger partial charge in [-0.25, -0.2) is 13.1 Å². The highest BCUT2D eigenvalue weighted by Gasteiger charge is 2.20. The predicted octanol–water partition coefficient (Wildman–Crippen LogP) is 1.96. The fourth-order valence-corrected chi connectivity index (χ4v) is 2.67. The number of sulfonamides is 1. The third kappa shape index (κ3) is 4.17. The highest BCUT2D eigenvalue weighted by Crippen LogP contribution is 2.26. The summed E-state index contributed by atoms with van der Waals surface area (Å²) in [5.74, 6) is 0.374. The Morgan fingerprint density at radius 3 is 2.50 bits per heavy atom. The van der Waals surface area contributed by atoms with Gasteiger partial charge in [-0.2, -0.15) is 0 Å². The van der Waals surface area contributed by atoms with Gasteiger partial charge < -0.3 is 5.32 Å². The monoisotopic (exact) mass is 301 g/mol. The second-order valence-corrected chi connectivity index (χ2v) is 6.53. The van der Waals surface area contributed by atoms with Gasteiger partial charge in [0.1, 0.15) is 5.69 Å². The highest BCUT2D eigenvalue weighted by molar-refractivity contribution is 7.89. The van der Waals surface area contributed by atoms with Crippen LogP contribution < -0.4 is 10.0 Å². The summed E-state index contributed by atoms with van der Waals surface area (Å²) in [6.45, 7) is 4.28. The van der Waals surface area contributed by atoms with Crippen molar-refractivity contribution in [2.75, 3.05) is 18.9 Å². The number of hydrogen-bond donors (Lipinski definition) is 2. The number of hydrogen-bond acceptors (Lipinski definition) is 5. The van der Waals surface area contributed by atoms with Gasteiger partial charge in [-0.15, -0.1) is 0 Å². The molecule has 0 aliphatic heterocycles. The Hall–Kier alpha value is -1.67. The molecule has 0 aliphatic carbocycles. The first-order valence-electron chi connectivity index (χ1n) is 6.23. The van der Waals surface area contributed by atoms with Crippen LogP contribution in [0, 0.1) is 16.0 Å². The Morgan fingerprint density at radius 2 is 2.00 bits per heavy atom. The van der Waals surface area contributed by atoms with E-state index in [0.717, 1.165) is 6.07 Å². The normalized spacial score (nSPS) is 11.6. The Bertz CT molecular complexity index is 584. The number of nitro benzene ring substituents is 1. The van der Waals surface area contributed by atoms with Gasteiger partial charge in [0.15, 0.2) is 0 Å². The predicted molar refractivity (Wildman–Crippen MR) is 77.3 cm³/mol. The minimum Gasteiger partial charge on any atom is -0.383 e. The van der Waals surface area contributed by atoms with E-state index >= 15 is 0 Å². The maximum Gasteiger partial charge on any atom is 0.293 e. The fourth-order valence-electron chi connectivity index (χ4n) is 1.61. The van der Waals surface area contributed by atoms with E-state index in [9.17, 15) is 18.5 Å². The number of nitrogens with one attached hydrogen (secondary N) is 2. The van der Waals surface area contributed by atoms with Crippen LogP contribution in [0.5, 0.6) is 0 Å². The molecule has 0 spiro atoms. The second-order valence-electron chi connectivity index (χ2n) is 4.77. The lowest BCUT2D eigenvalue weighted by atomic mass is 10.1. The summed E-state index contributed by atoms with van der Waals surface area (Å²) in [7, 11) is -2.18. The summed E-state index contributed by atoms with van der Waals surface area (Å²) in [6, 6.07) is 3.79. The third-order valence-electron chi connectivity index (χ3n) is 2.76. The molecule has 8 heteroatoms. The number of nitrogens with zero attached hydrogens (tertiary/aromatic N) is 1. The van der Waals surface area contributed by atoms with Crippen molar-refractivity contribution in [3.63, 3.8) is 0 Å². The van der Waals surface area contributed by atoms with E-state index < -0.39 is 14.9 Å². The molecule has 7 nitrogen and oxygen atoms in total. The smallest absolute Gasteiger partial charge is 0.293 e. The zero-order valence-electron chi connectivity index (χ0n) is 11.7. The molecule has 0 aliphatic rings. The van der Waals surface area contributed by atoms with Crippen LogP contribution in [0.15, 0.2) is 23.1 Å². The van der Waals surface area contributed by atoms with Crippen molar-refractivity contribution in [1.82, 2.24) is 4.72 Å². The van der Waals surface area contributed by atoms with Gasteiger partial charge in [-0.1, -0.05) is 13.8 Å². The molecule has 0 amide bonds. The molecule has 0 heterocycles. The molecule has 0 radical (unpaired) electrons. The van der Waals surface area contributed by atoms with Gasteiger partial charge in [0.05, 0.1) is 9.82 Å². The molecule has 112 valence electrons. The van der Waals surface area contributed by atoms with Crippen molar-refractivity contribution >= 4 is 21.4 Å². The SMILES string of the molecule is CNc1ccc(S(=O)(=O)NCCC(C)C)cc1[N+](=O)[O-]. The zero-order valence-corrected chi connectivity index (χ0v) is 12.5. The van der Waals surface area contributed by atoms with Gasteiger partial charge in [-0.3, -0.25) is 10.1 Å². The molecular formula is C12H19N3O4S. The number of anilines is 1. The summed E-state index contributed by atoms with van der Waals surface area (Å²) >= 11 is 0. The van der Waals surface area contributed by atoms with Crippen LogP contribution in [0.1, 0.15) is 20.3 Å². The topological polar surface area (TPSA) is 101 Å². The molecule has 0 saturated heterocycles. The molecule has 0 bridgehead atoms. The van der Waals surface area contributed by atoms with Gasteiger partial charge in [0.25, 0.3) is 5.69 Å². The van der Waals surface area contributed by atoms with Gasteiger partial charge in [0.2, 0.25) is 10.0 Å². The van der Waals surface area contributed by atoms with Crippen molar-refractivity contribution in [2.45, 2.75) is 25.2 Å². The average Bonchev–Trinajstić information content (AvgIpc) is 2.37. The summed E-state index contributed by atoms with van der Waals surface area (Å²) < 4.78 is 26.5. The van der Waals surface area contributed by atoms with E-state index in [1.54, 1.807) is 0 Å². The first-order chi connectivity index (χ1) is 9.27. The highest BCUT2D eigenvalue weighted by atomic mass is 32.2. The molecular weight excluding hydrogens is 282 g/mol. The lowest BCUT2D eigenvalue weighted by Crippen LogP contribution is -2.25. The maximum absolute atomic E-state index is 12.0. The Balaban J connectivity index is 3.01. The molecule has 1 rings (SSSR count). The molecule has 0 unspecified atom stereocenters. The number of nitro groups is 1. The van der Waals surface area contributed by atoms with Crippen LogP contribution in [0.3, 0.4) is 0 Å². The van der Waals surface area contributed by atoms with Crippen molar-refractivity contribution in [3.05, 3.63) is 28.3 Å². The first-order valence-corrected chi connectivity index (χ1v) is 7.72. The molecule has 20 heavy (non-hydrogen) atoms. The molecule has 0 saturated carbocycles. The van der Waals surface area contributed by atoms with Crippen molar-refractivity contribution in [2.24, 2.45) is 5.92 Å². The van der Waals surface area contributed by atoms with E-state index in [2.05, 4.69) is 10.0 Å². The quantitative estimate of drug-likeness (QED) is 0.592. The van der Waals surface area contributed by atoms with Crippen LogP contribution >= 0.6 is 0 Å². The number of rotatable bonds is 7. The van der Waals surface area contributed by atoms with Crippen molar-refractivity contribution in [3.8, 4) is 0 Å². The molecule has 2 N–H and O–H groups in total. The Labute approximate surface area is 118 Å². The van der Waals surface area contributed by atoms with Crippen molar-refractivity contribution in [1.29, 1.82) is 0 Å². The molecule has 1 aromatic carbocycles. The van der Waals surface area contributed by atoms with Crippen LogP contribution in [0.25, 0.3) is 0 Å². The second kappa shape index (κ2) is 6.67. The van der Waals surface area contributed by atoms with Gasteiger partial charge in [0, 0.05) is 19.7 Å². The fraction of sp³-hybridized carbons (Fsp3) is 0.500. The van der Waals surface area contributed by atoms with E-state index in [4.69, 9.17) is 0 Å². The van der Waals surface area contributed by atoms with Gasteiger partial charge >= 0.3 is 0 Å². The molecule has 0 aromatic heterocycles. The standard InChI is InChI=1S/C12H19N3O4S/c1-9(2)6-7-14-20(18,19)10-4-5-11(13-3)12(8-10)15(16)17/h4-5,8-9,13-14H,6-7H2,1-3H3. The summed E-state index contributed by atoms with van der Waals surface area (Å²) in [6.07, 6.45) is 0.704. The third-order valence-corrected chi connectivity index (χ3v) is 4.22. The Morgan fingerprint density at radius 1 is 1.35 bits per heavy atom. The summed E-state index contributed by atoms with van der Waals surface area (Å²) in [4.78, 5) is 10.2. The van der Waals surface area contributed by atoms with Crippen LogP contribution in [0.4, 0.5) is 11.4 Å². The molecule has 0 atom stereocenters. The van der Waals surface area contributed by atoms with Crippen LogP contribution in [-0.4, -0.2) is 26.9 Å². The van der Waals surface area contributed by atoms with Crippen LogP contribution in [0.2, 0.25) is 0 Å². The maximum atomic E-state index is 12.0. The minimum absolute atomic E-state index is 0.105. The molecule has 1 aromatic rings. The van der Waals surface area contributed by atoms with E-state index in [-0.39, 0.29) is 16.3 Å². The number of benzene rings is 1. The lowest BCUT2D eigenvalue weighted by molar-refractivity contribution is -0.384.